The van der Waals surface area contributed by atoms with Gasteiger partial charge in [0.25, 0.3) is 0 Å². The molecule has 0 aliphatic rings. The second-order valence-corrected chi connectivity index (χ2v) is 3.54. The van der Waals surface area contributed by atoms with Gasteiger partial charge in [-0.1, -0.05) is 18.2 Å². The van der Waals surface area contributed by atoms with Crippen molar-refractivity contribution in [2.75, 3.05) is 0 Å². The minimum Gasteiger partial charge on any atom is -0.370 e. The molecule has 1 amide bonds. The summed E-state index contributed by atoms with van der Waals surface area (Å²) < 4.78 is 0. The fourth-order valence-corrected chi connectivity index (χ4v) is 1.64. The highest BCUT2D eigenvalue weighted by Gasteiger charge is 2.04. The third-order valence-corrected chi connectivity index (χ3v) is 2.39. The molecular formula is C11H13N3O. The van der Waals surface area contributed by atoms with Gasteiger partial charge in [-0.15, -0.1) is 0 Å². The van der Waals surface area contributed by atoms with Gasteiger partial charge >= 0.3 is 0 Å². The maximum atomic E-state index is 10.6. The number of carbonyl (C=O) groups is 1. The van der Waals surface area contributed by atoms with Crippen LogP contribution in [0.3, 0.4) is 0 Å². The van der Waals surface area contributed by atoms with Crippen molar-refractivity contribution in [3.63, 3.8) is 0 Å². The average molecular weight is 203 g/mol. The van der Waals surface area contributed by atoms with Crippen molar-refractivity contribution in [3.8, 4) is 0 Å². The molecule has 2 rings (SSSR count). The topological polar surface area (TPSA) is 71.8 Å². The predicted molar refractivity (Wildman–Crippen MR) is 58.2 cm³/mol. The number of rotatable bonds is 4. The van der Waals surface area contributed by atoms with Gasteiger partial charge in [-0.3, -0.25) is 9.89 Å². The van der Waals surface area contributed by atoms with Crippen LogP contribution in [0.15, 0.2) is 24.3 Å². The van der Waals surface area contributed by atoms with Crippen LogP contribution in [0.1, 0.15) is 18.5 Å². The van der Waals surface area contributed by atoms with Gasteiger partial charge < -0.3 is 5.73 Å². The van der Waals surface area contributed by atoms with Crippen LogP contribution in [0.2, 0.25) is 0 Å². The number of nitrogens with zero attached hydrogens (tertiary/aromatic N) is 1. The zero-order valence-electron chi connectivity index (χ0n) is 8.36. The summed E-state index contributed by atoms with van der Waals surface area (Å²) in [6.07, 6.45) is 2.00. The number of fused-ring (bicyclic) bond motifs is 1. The first-order chi connectivity index (χ1) is 7.27. The van der Waals surface area contributed by atoms with Crippen LogP contribution in [-0.4, -0.2) is 16.1 Å². The molecule has 15 heavy (non-hydrogen) atoms. The summed E-state index contributed by atoms with van der Waals surface area (Å²) in [6.45, 7) is 0. The van der Waals surface area contributed by atoms with Gasteiger partial charge in [-0.2, -0.15) is 5.10 Å². The SMILES string of the molecule is NC(=O)CCCc1[nH]nc2ccccc12. The average Bonchev–Trinajstić information content (AvgIpc) is 2.62. The van der Waals surface area contributed by atoms with Crippen molar-refractivity contribution in [3.05, 3.63) is 30.0 Å². The summed E-state index contributed by atoms with van der Waals surface area (Å²) in [4.78, 5) is 10.6. The summed E-state index contributed by atoms with van der Waals surface area (Å²) in [5, 5.41) is 8.29. The van der Waals surface area contributed by atoms with Crippen molar-refractivity contribution in [2.45, 2.75) is 19.3 Å². The quantitative estimate of drug-likeness (QED) is 0.787. The van der Waals surface area contributed by atoms with Crippen LogP contribution in [0.5, 0.6) is 0 Å². The van der Waals surface area contributed by atoms with Crippen molar-refractivity contribution in [1.29, 1.82) is 0 Å². The lowest BCUT2D eigenvalue weighted by Crippen LogP contribution is -2.10. The van der Waals surface area contributed by atoms with E-state index in [1.165, 1.54) is 0 Å². The molecule has 0 saturated heterocycles. The second kappa shape index (κ2) is 4.13. The molecule has 78 valence electrons. The molecule has 3 N–H and O–H groups in total. The van der Waals surface area contributed by atoms with Gasteiger partial charge in [-0.05, 0) is 18.9 Å². The smallest absolute Gasteiger partial charge is 0.217 e. The Kier molecular flexibility index (Phi) is 2.67. The normalized spacial score (nSPS) is 10.7. The molecule has 0 atom stereocenters. The van der Waals surface area contributed by atoms with Crippen molar-refractivity contribution >= 4 is 16.8 Å². The van der Waals surface area contributed by atoms with E-state index in [4.69, 9.17) is 5.73 Å². The molecule has 0 fully saturated rings. The molecule has 0 spiro atoms. The van der Waals surface area contributed by atoms with E-state index in [2.05, 4.69) is 10.2 Å². The highest BCUT2D eigenvalue weighted by atomic mass is 16.1. The van der Waals surface area contributed by atoms with Crippen LogP contribution in [0.4, 0.5) is 0 Å². The maximum Gasteiger partial charge on any atom is 0.217 e. The molecule has 1 heterocycles. The van der Waals surface area contributed by atoms with Gasteiger partial charge in [0.2, 0.25) is 5.91 Å². The first-order valence-electron chi connectivity index (χ1n) is 4.97. The Labute approximate surface area is 87.5 Å². The standard InChI is InChI=1S/C11H13N3O/c12-11(15)7-3-6-10-8-4-1-2-5-9(8)13-14-10/h1-2,4-5H,3,6-7H2,(H2,12,15)(H,13,14). The molecule has 1 aromatic carbocycles. The number of nitrogens with two attached hydrogens (primary N) is 1. The molecule has 0 radical (unpaired) electrons. The van der Waals surface area contributed by atoms with Crippen LogP contribution in [-0.2, 0) is 11.2 Å². The Hall–Kier alpha value is -1.84. The Balaban J connectivity index is 2.11. The number of primary amides is 1. The third-order valence-electron chi connectivity index (χ3n) is 2.39. The van der Waals surface area contributed by atoms with E-state index >= 15 is 0 Å². The molecule has 2 aromatic rings. The number of para-hydroxylation sites is 1. The van der Waals surface area contributed by atoms with Gasteiger partial charge in [0.1, 0.15) is 0 Å². The number of amides is 1. The first-order valence-corrected chi connectivity index (χ1v) is 4.97. The third kappa shape index (κ3) is 2.15. The molecular weight excluding hydrogens is 190 g/mol. The van der Waals surface area contributed by atoms with E-state index in [1.54, 1.807) is 0 Å². The predicted octanol–water partition coefficient (Wildman–Crippen LogP) is 1.37. The number of benzene rings is 1. The highest BCUT2D eigenvalue weighted by molar-refractivity contribution is 5.81. The summed E-state index contributed by atoms with van der Waals surface area (Å²) in [5.74, 6) is -0.251. The summed E-state index contributed by atoms with van der Waals surface area (Å²) in [5.41, 5.74) is 7.12. The Morgan fingerprint density at radius 1 is 1.40 bits per heavy atom. The van der Waals surface area contributed by atoms with Gasteiger partial charge in [0, 0.05) is 17.5 Å². The van der Waals surface area contributed by atoms with E-state index in [0.29, 0.717) is 6.42 Å². The van der Waals surface area contributed by atoms with Crippen LogP contribution in [0.25, 0.3) is 10.9 Å². The zero-order chi connectivity index (χ0) is 10.7. The molecule has 0 saturated carbocycles. The number of carbonyl (C=O) groups excluding carboxylic acids is 1. The Bertz CT molecular complexity index is 475. The van der Waals surface area contributed by atoms with Crippen LogP contribution in [0, 0.1) is 0 Å². The largest absolute Gasteiger partial charge is 0.370 e. The lowest BCUT2D eigenvalue weighted by molar-refractivity contribution is -0.118. The van der Waals surface area contributed by atoms with Crippen molar-refractivity contribution < 1.29 is 4.79 Å². The monoisotopic (exact) mass is 203 g/mol. The van der Waals surface area contributed by atoms with Gasteiger partial charge in [-0.25, -0.2) is 0 Å². The molecule has 0 bridgehead atoms. The number of nitrogens with one attached hydrogen (secondary N) is 1. The molecule has 4 nitrogen and oxygen atoms in total. The van der Waals surface area contributed by atoms with E-state index in [-0.39, 0.29) is 5.91 Å². The summed E-state index contributed by atoms with van der Waals surface area (Å²) in [7, 11) is 0. The van der Waals surface area contributed by atoms with Crippen LogP contribution < -0.4 is 5.73 Å². The van der Waals surface area contributed by atoms with Crippen LogP contribution >= 0.6 is 0 Å². The molecule has 0 aliphatic heterocycles. The van der Waals surface area contributed by atoms with Gasteiger partial charge in [0.05, 0.1) is 5.52 Å². The fraction of sp³-hybridized carbons (Fsp3) is 0.273. The lowest BCUT2D eigenvalue weighted by Gasteiger charge is -1.96. The van der Waals surface area contributed by atoms with Crippen molar-refractivity contribution in [1.82, 2.24) is 10.2 Å². The number of hydrogen-bond acceptors (Lipinski definition) is 2. The van der Waals surface area contributed by atoms with Gasteiger partial charge in [0.15, 0.2) is 0 Å². The van der Waals surface area contributed by atoms with E-state index in [1.807, 2.05) is 24.3 Å². The lowest BCUT2D eigenvalue weighted by atomic mass is 10.1. The number of H-pyrrole nitrogens is 1. The molecule has 0 aliphatic carbocycles. The Morgan fingerprint density at radius 2 is 2.20 bits per heavy atom. The van der Waals surface area contributed by atoms with E-state index in [9.17, 15) is 4.79 Å². The number of aryl methyl sites for hydroxylation is 1. The Morgan fingerprint density at radius 3 is 3.00 bits per heavy atom. The molecule has 4 heteroatoms. The summed E-state index contributed by atoms with van der Waals surface area (Å²) in [6, 6.07) is 7.92. The minimum atomic E-state index is -0.251. The van der Waals surface area contributed by atoms with E-state index < -0.39 is 0 Å². The second-order valence-electron chi connectivity index (χ2n) is 3.54. The maximum absolute atomic E-state index is 10.6. The fourth-order valence-electron chi connectivity index (χ4n) is 1.64. The minimum absolute atomic E-state index is 0.251. The molecule has 1 aromatic heterocycles. The van der Waals surface area contributed by atoms with Crippen molar-refractivity contribution in [2.24, 2.45) is 5.73 Å². The number of hydrogen-bond donors (Lipinski definition) is 2. The number of aromatic amines is 1. The van der Waals surface area contributed by atoms with E-state index in [0.717, 1.165) is 29.4 Å². The zero-order valence-corrected chi connectivity index (χ0v) is 8.36. The highest BCUT2D eigenvalue weighted by Crippen LogP contribution is 2.16. The number of aromatic nitrogens is 2. The summed E-state index contributed by atoms with van der Waals surface area (Å²) >= 11 is 0. The molecule has 0 unspecified atom stereocenters. The first kappa shape index (κ1) is 9.71.